The van der Waals surface area contributed by atoms with E-state index in [4.69, 9.17) is 39.5 Å². The first-order valence-electron chi connectivity index (χ1n) is 12.8. The van der Waals surface area contributed by atoms with Crippen molar-refractivity contribution < 1.29 is 20.1 Å². The largest absolute Gasteiger partial charge is 0.508 e. The van der Waals surface area contributed by atoms with E-state index in [9.17, 15) is 15.3 Å². The predicted octanol–water partition coefficient (Wildman–Crippen LogP) is 9.88. The van der Waals surface area contributed by atoms with Gasteiger partial charge in [-0.2, -0.15) is 0 Å². The quantitative estimate of drug-likeness (QED) is 0.276. The van der Waals surface area contributed by atoms with Gasteiger partial charge in [-0.1, -0.05) is 62.6 Å². The Morgan fingerprint density at radius 1 is 0.795 bits per heavy atom. The van der Waals surface area contributed by atoms with Crippen LogP contribution in [0.2, 0.25) is 15.1 Å². The summed E-state index contributed by atoms with van der Waals surface area (Å²) in [7, 11) is 0. The molecular formula is C32H39Cl3O4. The number of aromatic hydroxyl groups is 2. The van der Waals surface area contributed by atoms with Gasteiger partial charge in [-0.25, -0.2) is 0 Å². The molecule has 3 aliphatic carbocycles. The van der Waals surface area contributed by atoms with Gasteiger partial charge in [-0.15, -0.1) is 0 Å². The van der Waals surface area contributed by atoms with Crippen molar-refractivity contribution in [2.24, 2.45) is 23.7 Å². The first kappa shape index (κ1) is 31.4. The number of phenolic OH excluding ortho intramolecular Hbond substituents is 2. The van der Waals surface area contributed by atoms with Gasteiger partial charge in [0.15, 0.2) is 11.5 Å². The molecule has 0 spiro atoms. The molecule has 3 aromatic rings. The van der Waals surface area contributed by atoms with Crippen molar-refractivity contribution in [3.8, 4) is 23.0 Å². The summed E-state index contributed by atoms with van der Waals surface area (Å²) >= 11 is 17.4. The van der Waals surface area contributed by atoms with Gasteiger partial charge < -0.3 is 20.1 Å². The van der Waals surface area contributed by atoms with Crippen LogP contribution in [0.1, 0.15) is 64.5 Å². The minimum absolute atomic E-state index is 0. The van der Waals surface area contributed by atoms with Crippen molar-refractivity contribution in [1.82, 2.24) is 0 Å². The molecule has 0 saturated heterocycles. The standard InChI is InChI=1S/C18H24O2.C12H7Cl3O2.2CH4/c1-10-8-16-13-5-3-12(19)9-11(13)2-4-14(16)15-6-7-17(20)18(10)15;13-7-1-3-11(9(15)5-7)17-12-4-2-8(14)6-10(12)16;;/h3,5,9-10,14-20H,2,4,6-8H2,1H3;1-6,16H;2*1H4. The molecule has 0 heterocycles. The van der Waals surface area contributed by atoms with E-state index >= 15 is 0 Å². The Kier molecular flexibility index (Phi) is 10.5. The van der Waals surface area contributed by atoms with Crippen molar-refractivity contribution >= 4 is 34.8 Å². The molecule has 3 aliphatic rings. The second kappa shape index (κ2) is 13.0. The number of aliphatic hydroxyl groups is 1. The number of aliphatic hydroxyl groups excluding tert-OH is 1. The summed E-state index contributed by atoms with van der Waals surface area (Å²) < 4.78 is 5.45. The molecule has 2 fully saturated rings. The topological polar surface area (TPSA) is 69.9 Å². The molecule has 6 unspecified atom stereocenters. The van der Waals surface area contributed by atoms with Gasteiger partial charge in [0.2, 0.25) is 0 Å². The summed E-state index contributed by atoms with van der Waals surface area (Å²) in [6, 6.07) is 15.4. The van der Waals surface area contributed by atoms with Crippen LogP contribution in [0.4, 0.5) is 0 Å². The lowest BCUT2D eigenvalue weighted by Crippen LogP contribution is -2.41. The van der Waals surface area contributed by atoms with E-state index in [1.165, 1.54) is 36.5 Å². The van der Waals surface area contributed by atoms with Gasteiger partial charge in [-0.3, -0.25) is 0 Å². The van der Waals surface area contributed by atoms with Gasteiger partial charge in [0, 0.05) is 16.1 Å². The van der Waals surface area contributed by atoms with Crippen LogP contribution in [0.3, 0.4) is 0 Å². The zero-order valence-corrected chi connectivity index (χ0v) is 22.8. The molecule has 0 bridgehead atoms. The van der Waals surface area contributed by atoms with Crippen LogP contribution in [0.15, 0.2) is 54.6 Å². The van der Waals surface area contributed by atoms with Crippen LogP contribution in [-0.4, -0.2) is 21.4 Å². The van der Waals surface area contributed by atoms with Crippen LogP contribution in [0.25, 0.3) is 0 Å². The molecular weight excluding hydrogens is 555 g/mol. The molecule has 6 rings (SSSR count). The van der Waals surface area contributed by atoms with Crippen molar-refractivity contribution in [2.75, 3.05) is 0 Å². The van der Waals surface area contributed by atoms with Crippen molar-refractivity contribution in [3.05, 3.63) is 80.8 Å². The molecule has 3 aromatic carbocycles. The first-order valence-corrected chi connectivity index (χ1v) is 14.0. The van der Waals surface area contributed by atoms with E-state index < -0.39 is 0 Å². The minimum atomic E-state index is -0.0582. The fourth-order valence-corrected chi connectivity index (χ4v) is 7.50. The maximum absolute atomic E-state index is 10.3. The zero-order valence-electron chi connectivity index (χ0n) is 20.6. The Balaban J connectivity index is 0.000000208. The highest BCUT2D eigenvalue weighted by Crippen LogP contribution is 2.57. The number of rotatable bonds is 2. The Morgan fingerprint density at radius 2 is 1.49 bits per heavy atom. The van der Waals surface area contributed by atoms with Crippen LogP contribution >= 0.6 is 34.8 Å². The number of halogens is 3. The second-order valence-electron chi connectivity index (χ2n) is 10.6. The lowest BCUT2D eigenvalue weighted by Gasteiger charge is -2.47. The number of aryl methyl sites for hydroxylation is 1. The molecule has 212 valence electrons. The smallest absolute Gasteiger partial charge is 0.169 e. The number of fused-ring (bicyclic) bond motifs is 5. The average molecular weight is 594 g/mol. The fourth-order valence-electron chi connectivity index (χ4n) is 6.88. The molecule has 3 N–H and O–H groups in total. The maximum Gasteiger partial charge on any atom is 0.169 e. The Labute approximate surface area is 247 Å². The highest BCUT2D eigenvalue weighted by atomic mass is 35.5. The van der Waals surface area contributed by atoms with Gasteiger partial charge in [-0.05, 0) is 115 Å². The monoisotopic (exact) mass is 592 g/mol. The van der Waals surface area contributed by atoms with Crippen LogP contribution in [0, 0.1) is 23.7 Å². The van der Waals surface area contributed by atoms with Gasteiger partial charge in [0.1, 0.15) is 11.5 Å². The maximum atomic E-state index is 10.3. The van der Waals surface area contributed by atoms with E-state index in [0.29, 0.717) is 44.3 Å². The molecule has 0 aromatic heterocycles. The number of hydrogen-bond donors (Lipinski definition) is 3. The summed E-state index contributed by atoms with van der Waals surface area (Å²) in [6.45, 7) is 2.33. The number of phenols is 2. The second-order valence-corrected chi connectivity index (χ2v) is 11.9. The summed E-state index contributed by atoms with van der Waals surface area (Å²) in [5, 5.41) is 30.9. The van der Waals surface area contributed by atoms with Gasteiger partial charge >= 0.3 is 0 Å². The molecule has 4 nitrogen and oxygen atoms in total. The molecule has 39 heavy (non-hydrogen) atoms. The predicted molar refractivity (Wildman–Crippen MR) is 162 cm³/mol. The first-order chi connectivity index (χ1) is 17.7. The summed E-state index contributed by atoms with van der Waals surface area (Å²) in [5.41, 5.74) is 2.83. The SMILES string of the molecule is C.C.CC1CC2c3ccc(O)cc3CCC2C2CCC(O)C12.Oc1cc(Cl)ccc1Oc1ccc(Cl)cc1Cl. The van der Waals surface area contributed by atoms with E-state index in [1.54, 1.807) is 30.3 Å². The van der Waals surface area contributed by atoms with Crippen LogP contribution in [-0.2, 0) is 6.42 Å². The van der Waals surface area contributed by atoms with Crippen molar-refractivity contribution in [2.45, 2.75) is 65.9 Å². The zero-order chi connectivity index (χ0) is 26.3. The third kappa shape index (κ3) is 6.62. The summed E-state index contributed by atoms with van der Waals surface area (Å²) in [6.07, 6.45) is 5.70. The average Bonchev–Trinajstić information content (AvgIpc) is 3.25. The molecule has 0 amide bonds. The molecule has 2 saturated carbocycles. The van der Waals surface area contributed by atoms with Gasteiger partial charge in [0.05, 0.1) is 11.1 Å². The van der Waals surface area contributed by atoms with Crippen LogP contribution in [0.5, 0.6) is 23.0 Å². The molecule has 6 atom stereocenters. The third-order valence-corrected chi connectivity index (χ3v) is 9.16. The molecule has 0 radical (unpaired) electrons. The number of ether oxygens (including phenoxy) is 1. The van der Waals surface area contributed by atoms with E-state index in [0.717, 1.165) is 24.7 Å². The van der Waals surface area contributed by atoms with E-state index in [-0.39, 0.29) is 32.5 Å². The molecule has 7 heteroatoms. The molecule has 0 aliphatic heterocycles. The van der Waals surface area contributed by atoms with Crippen molar-refractivity contribution in [3.63, 3.8) is 0 Å². The summed E-state index contributed by atoms with van der Waals surface area (Å²) in [4.78, 5) is 0. The fraction of sp³-hybridized carbons (Fsp3) is 0.438. The third-order valence-electron chi connectivity index (χ3n) is 8.39. The lowest BCUT2D eigenvalue weighted by atomic mass is 9.57. The normalized spacial score (nSPS) is 26.4. The van der Waals surface area contributed by atoms with E-state index in [1.807, 2.05) is 12.1 Å². The highest BCUT2D eigenvalue weighted by Gasteiger charge is 2.50. The Morgan fingerprint density at radius 3 is 2.18 bits per heavy atom. The van der Waals surface area contributed by atoms with Crippen molar-refractivity contribution in [1.29, 1.82) is 0 Å². The highest BCUT2D eigenvalue weighted by molar-refractivity contribution is 6.35. The minimum Gasteiger partial charge on any atom is -0.508 e. The van der Waals surface area contributed by atoms with E-state index in [2.05, 4.69) is 13.0 Å². The summed E-state index contributed by atoms with van der Waals surface area (Å²) in [5.74, 6) is 4.33. The number of hydrogen-bond acceptors (Lipinski definition) is 4. The Hall–Kier alpha value is -2.11. The van der Waals surface area contributed by atoms with Gasteiger partial charge in [0.25, 0.3) is 0 Å². The lowest BCUT2D eigenvalue weighted by molar-refractivity contribution is 0.0186. The van der Waals surface area contributed by atoms with Crippen LogP contribution < -0.4 is 4.74 Å². The number of benzene rings is 3. The Bertz CT molecular complexity index is 1230.